The number of rotatable bonds is 3. The minimum atomic E-state index is -0.653. The summed E-state index contributed by atoms with van der Waals surface area (Å²) in [5.74, 6) is 0.146. The zero-order chi connectivity index (χ0) is 19.7. The van der Waals surface area contributed by atoms with Gasteiger partial charge in [0.15, 0.2) is 11.3 Å². The maximum absolute atomic E-state index is 12.9. The van der Waals surface area contributed by atoms with Gasteiger partial charge < -0.3 is 19.0 Å². The number of halogens is 1. The third kappa shape index (κ3) is 3.43. The van der Waals surface area contributed by atoms with Crippen molar-refractivity contribution in [2.24, 2.45) is 0 Å². The first-order valence-electron chi connectivity index (χ1n) is 8.97. The third-order valence-electron chi connectivity index (χ3n) is 4.91. The Labute approximate surface area is 166 Å². The van der Waals surface area contributed by atoms with Crippen LogP contribution < -0.4 is 15.3 Å². The van der Waals surface area contributed by atoms with Crippen molar-refractivity contribution in [3.8, 4) is 5.75 Å². The molecule has 0 bridgehead atoms. The first-order chi connectivity index (χ1) is 13.6. The Bertz CT molecular complexity index is 1090. The van der Waals surface area contributed by atoms with E-state index < -0.39 is 5.63 Å². The van der Waals surface area contributed by atoms with Crippen molar-refractivity contribution < 1.29 is 13.9 Å². The summed E-state index contributed by atoms with van der Waals surface area (Å²) >= 11 is 6.06. The summed E-state index contributed by atoms with van der Waals surface area (Å²) in [6.07, 6.45) is 0. The molecule has 0 unspecified atom stereocenters. The molecule has 0 spiro atoms. The summed E-state index contributed by atoms with van der Waals surface area (Å²) in [4.78, 5) is 29.2. The summed E-state index contributed by atoms with van der Waals surface area (Å²) in [6.45, 7) is 2.36. The number of para-hydroxylation sites is 1. The second-order valence-electron chi connectivity index (χ2n) is 6.59. The van der Waals surface area contributed by atoms with Gasteiger partial charge in [0.1, 0.15) is 5.56 Å². The molecule has 1 saturated heterocycles. The van der Waals surface area contributed by atoms with Gasteiger partial charge in [0.2, 0.25) is 0 Å². The molecule has 0 N–H and O–H groups in total. The average molecular weight is 399 g/mol. The number of ether oxygens (including phenoxy) is 1. The van der Waals surface area contributed by atoms with Crippen molar-refractivity contribution in [2.45, 2.75) is 0 Å². The van der Waals surface area contributed by atoms with Gasteiger partial charge >= 0.3 is 5.63 Å². The third-order valence-corrected chi connectivity index (χ3v) is 5.15. The number of hydrogen-bond acceptors (Lipinski definition) is 5. The minimum Gasteiger partial charge on any atom is -0.493 e. The van der Waals surface area contributed by atoms with Gasteiger partial charge in [0.05, 0.1) is 7.11 Å². The lowest BCUT2D eigenvalue weighted by atomic mass is 10.1. The molecule has 6 nitrogen and oxygen atoms in total. The number of piperazine rings is 1. The molecule has 28 heavy (non-hydrogen) atoms. The smallest absolute Gasteiger partial charge is 0.349 e. The lowest BCUT2D eigenvalue weighted by Crippen LogP contribution is -2.49. The molecule has 1 aliphatic rings. The lowest BCUT2D eigenvalue weighted by Gasteiger charge is -2.36. The highest BCUT2D eigenvalue weighted by Gasteiger charge is 2.25. The average Bonchev–Trinajstić information content (AvgIpc) is 2.72. The first-order valence-corrected chi connectivity index (χ1v) is 9.35. The van der Waals surface area contributed by atoms with E-state index in [1.54, 1.807) is 29.2 Å². The largest absolute Gasteiger partial charge is 0.493 e. The Balaban J connectivity index is 1.54. The van der Waals surface area contributed by atoms with Gasteiger partial charge in [-0.1, -0.05) is 29.8 Å². The number of amides is 1. The monoisotopic (exact) mass is 398 g/mol. The van der Waals surface area contributed by atoms with E-state index in [0.29, 0.717) is 47.9 Å². The normalized spacial score (nSPS) is 14.4. The van der Waals surface area contributed by atoms with E-state index in [2.05, 4.69) is 4.90 Å². The van der Waals surface area contributed by atoms with Crippen LogP contribution in [0.25, 0.3) is 11.0 Å². The first kappa shape index (κ1) is 18.4. The second kappa shape index (κ2) is 7.56. The van der Waals surface area contributed by atoms with Crippen LogP contribution in [-0.2, 0) is 0 Å². The van der Waals surface area contributed by atoms with Gasteiger partial charge in [0.25, 0.3) is 5.91 Å². The predicted molar refractivity (Wildman–Crippen MR) is 109 cm³/mol. The standard InChI is InChI=1S/C21H19ClN2O4/c1-27-18-7-2-4-14-12-17(21(26)28-19(14)18)20(25)24-10-8-23(9-11-24)16-6-3-5-15(22)13-16/h2-7,12-13H,8-11H2,1H3. The fraction of sp³-hybridized carbons (Fsp3) is 0.238. The number of carbonyl (C=O) groups excluding carboxylic acids is 1. The minimum absolute atomic E-state index is 0.0389. The molecule has 1 aliphatic heterocycles. The summed E-state index contributed by atoms with van der Waals surface area (Å²) in [6, 6.07) is 14.5. The van der Waals surface area contributed by atoms with Crippen molar-refractivity contribution in [1.29, 1.82) is 0 Å². The Morgan fingerprint density at radius 2 is 1.82 bits per heavy atom. The molecule has 2 heterocycles. The highest BCUT2D eigenvalue weighted by atomic mass is 35.5. The zero-order valence-corrected chi connectivity index (χ0v) is 16.1. The van der Waals surface area contributed by atoms with Crippen LogP contribution in [0.2, 0.25) is 5.02 Å². The van der Waals surface area contributed by atoms with Crippen LogP contribution >= 0.6 is 11.6 Å². The van der Waals surface area contributed by atoms with Gasteiger partial charge in [0, 0.05) is 42.3 Å². The maximum Gasteiger partial charge on any atom is 0.349 e. The number of fused-ring (bicyclic) bond motifs is 1. The van der Waals surface area contributed by atoms with E-state index in [4.69, 9.17) is 20.8 Å². The van der Waals surface area contributed by atoms with Crippen molar-refractivity contribution in [3.63, 3.8) is 0 Å². The van der Waals surface area contributed by atoms with Gasteiger partial charge in [-0.15, -0.1) is 0 Å². The van der Waals surface area contributed by atoms with Gasteiger partial charge in [-0.3, -0.25) is 4.79 Å². The molecule has 0 atom stereocenters. The second-order valence-corrected chi connectivity index (χ2v) is 7.02. The molecule has 7 heteroatoms. The molecular weight excluding hydrogens is 380 g/mol. The number of benzene rings is 2. The van der Waals surface area contributed by atoms with Crippen LogP contribution in [0.1, 0.15) is 10.4 Å². The van der Waals surface area contributed by atoms with E-state index in [0.717, 1.165) is 5.69 Å². The Morgan fingerprint density at radius 1 is 1.07 bits per heavy atom. The van der Waals surface area contributed by atoms with Crippen molar-refractivity contribution in [1.82, 2.24) is 4.90 Å². The summed E-state index contributed by atoms with van der Waals surface area (Å²) in [5, 5.41) is 1.33. The van der Waals surface area contributed by atoms with E-state index in [9.17, 15) is 9.59 Å². The molecule has 2 aromatic carbocycles. The number of nitrogens with zero attached hydrogens (tertiary/aromatic N) is 2. The Morgan fingerprint density at radius 3 is 2.54 bits per heavy atom. The lowest BCUT2D eigenvalue weighted by molar-refractivity contribution is 0.0742. The molecule has 1 amide bonds. The summed E-state index contributed by atoms with van der Waals surface area (Å²) in [7, 11) is 1.51. The van der Waals surface area contributed by atoms with Crippen molar-refractivity contribution in [2.75, 3.05) is 38.2 Å². The highest BCUT2D eigenvalue weighted by Crippen LogP contribution is 2.25. The van der Waals surface area contributed by atoms with Crippen molar-refractivity contribution >= 4 is 34.2 Å². The van der Waals surface area contributed by atoms with Crippen LogP contribution in [0, 0.1) is 0 Å². The molecule has 1 aromatic heterocycles. The number of hydrogen-bond donors (Lipinski definition) is 0. The molecule has 0 radical (unpaired) electrons. The van der Waals surface area contributed by atoms with Gasteiger partial charge in [-0.05, 0) is 30.3 Å². The van der Waals surface area contributed by atoms with Crippen molar-refractivity contribution in [3.05, 3.63) is 69.5 Å². The summed E-state index contributed by atoms with van der Waals surface area (Å²) < 4.78 is 10.6. The SMILES string of the molecule is COc1cccc2cc(C(=O)N3CCN(c4cccc(Cl)c4)CC3)c(=O)oc12. The van der Waals surface area contributed by atoms with E-state index in [-0.39, 0.29) is 11.5 Å². The van der Waals surface area contributed by atoms with E-state index in [1.807, 2.05) is 24.3 Å². The van der Waals surface area contributed by atoms with Crippen LogP contribution in [0.4, 0.5) is 5.69 Å². The molecule has 0 aliphatic carbocycles. The topological polar surface area (TPSA) is 63.0 Å². The summed E-state index contributed by atoms with van der Waals surface area (Å²) in [5.41, 5.74) is 0.755. The van der Waals surface area contributed by atoms with Gasteiger partial charge in [-0.2, -0.15) is 0 Å². The fourth-order valence-electron chi connectivity index (χ4n) is 3.44. The molecule has 1 fully saturated rings. The number of anilines is 1. The quantitative estimate of drug-likeness (QED) is 0.632. The van der Waals surface area contributed by atoms with Crippen LogP contribution in [0.5, 0.6) is 5.75 Å². The molecule has 4 rings (SSSR count). The van der Waals surface area contributed by atoms with Crippen LogP contribution in [0.15, 0.2) is 57.7 Å². The maximum atomic E-state index is 12.9. The van der Waals surface area contributed by atoms with Crippen LogP contribution in [0.3, 0.4) is 0 Å². The zero-order valence-electron chi connectivity index (χ0n) is 15.4. The Hall–Kier alpha value is -2.99. The highest BCUT2D eigenvalue weighted by molar-refractivity contribution is 6.30. The van der Waals surface area contributed by atoms with E-state index >= 15 is 0 Å². The number of methoxy groups -OCH3 is 1. The molecular formula is C21H19ClN2O4. The van der Waals surface area contributed by atoms with Gasteiger partial charge in [-0.25, -0.2) is 4.79 Å². The Kier molecular flexibility index (Phi) is 4.96. The fourth-order valence-corrected chi connectivity index (χ4v) is 3.62. The molecule has 0 saturated carbocycles. The predicted octanol–water partition coefficient (Wildman–Crippen LogP) is 3.42. The molecule has 3 aromatic rings. The molecule has 144 valence electrons. The van der Waals surface area contributed by atoms with Crippen LogP contribution in [-0.4, -0.2) is 44.1 Å². The number of carbonyl (C=O) groups is 1. The van der Waals surface area contributed by atoms with E-state index in [1.165, 1.54) is 7.11 Å².